The number of aromatic nitrogens is 1. The fourth-order valence-electron chi connectivity index (χ4n) is 2.71. The number of ether oxygens (including phenoxy) is 1. The molecule has 0 bridgehead atoms. The zero-order valence-corrected chi connectivity index (χ0v) is 14.3. The Morgan fingerprint density at radius 1 is 1.00 bits per heavy atom. The maximum atomic E-state index is 11.9. The van der Waals surface area contributed by atoms with Gasteiger partial charge in [0.25, 0.3) is 0 Å². The number of hydrogen-bond acceptors (Lipinski definition) is 4. The fourth-order valence-corrected chi connectivity index (χ4v) is 2.71. The first-order valence-corrected chi connectivity index (χ1v) is 8.58. The van der Waals surface area contributed by atoms with Crippen LogP contribution in [0.5, 0.6) is 0 Å². The molecule has 0 aliphatic carbocycles. The number of benzene rings is 1. The Morgan fingerprint density at radius 3 is 2.36 bits per heavy atom. The Hall–Kier alpha value is -2.44. The summed E-state index contributed by atoms with van der Waals surface area (Å²) in [6.45, 7) is 5.53. The molecule has 1 fully saturated rings. The Morgan fingerprint density at radius 2 is 1.68 bits per heavy atom. The molecule has 1 aromatic heterocycles. The highest BCUT2D eigenvalue weighted by Gasteiger charge is 2.10. The van der Waals surface area contributed by atoms with Gasteiger partial charge in [-0.05, 0) is 22.8 Å². The summed E-state index contributed by atoms with van der Waals surface area (Å²) in [6, 6.07) is 12.0. The zero-order chi connectivity index (χ0) is 17.3. The Bertz CT molecular complexity index is 655. The number of morpholine rings is 1. The molecule has 1 aromatic carbocycles. The molecule has 2 amide bonds. The standard InChI is InChI=1S/C19H24N4O2/c24-19(22-14-18-2-1-7-20-12-18)21-13-16-3-5-17(6-4-16)15-23-8-10-25-11-9-23/h1-7,12H,8-11,13-15H2,(H2,21,22,24). The monoisotopic (exact) mass is 340 g/mol. The van der Waals surface area contributed by atoms with Crippen LogP contribution in [0, 0.1) is 0 Å². The molecule has 3 rings (SSSR count). The predicted molar refractivity (Wildman–Crippen MR) is 95.9 cm³/mol. The number of carbonyl (C=O) groups is 1. The van der Waals surface area contributed by atoms with Gasteiger partial charge in [0.15, 0.2) is 0 Å². The average Bonchev–Trinajstić information content (AvgIpc) is 2.67. The minimum absolute atomic E-state index is 0.179. The molecule has 0 saturated carbocycles. The molecule has 132 valence electrons. The van der Waals surface area contributed by atoms with Crippen molar-refractivity contribution in [3.05, 3.63) is 65.5 Å². The summed E-state index contributed by atoms with van der Waals surface area (Å²) in [6.07, 6.45) is 3.46. The fraction of sp³-hybridized carbons (Fsp3) is 0.368. The molecule has 6 nitrogen and oxygen atoms in total. The zero-order valence-electron chi connectivity index (χ0n) is 14.3. The second-order valence-corrected chi connectivity index (χ2v) is 6.10. The number of nitrogens with zero attached hydrogens (tertiary/aromatic N) is 2. The van der Waals surface area contributed by atoms with Crippen molar-refractivity contribution in [1.82, 2.24) is 20.5 Å². The van der Waals surface area contributed by atoms with E-state index in [1.165, 1.54) is 5.56 Å². The van der Waals surface area contributed by atoms with E-state index in [1.54, 1.807) is 12.4 Å². The lowest BCUT2D eigenvalue weighted by atomic mass is 10.1. The number of hydrogen-bond donors (Lipinski definition) is 2. The van der Waals surface area contributed by atoms with Gasteiger partial charge >= 0.3 is 6.03 Å². The molecule has 1 saturated heterocycles. The van der Waals surface area contributed by atoms with Crippen molar-refractivity contribution in [2.45, 2.75) is 19.6 Å². The van der Waals surface area contributed by atoms with Gasteiger partial charge in [-0.3, -0.25) is 9.88 Å². The molecule has 0 unspecified atom stereocenters. The molecule has 0 radical (unpaired) electrons. The SMILES string of the molecule is O=C(NCc1ccc(CN2CCOCC2)cc1)NCc1cccnc1. The van der Waals surface area contributed by atoms with Crippen LogP contribution in [-0.2, 0) is 24.4 Å². The summed E-state index contributed by atoms with van der Waals surface area (Å²) < 4.78 is 5.37. The summed E-state index contributed by atoms with van der Waals surface area (Å²) in [5.41, 5.74) is 3.35. The van der Waals surface area contributed by atoms with E-state index in [0.717, 1.165) is 44.0 Å². The van der Waals surface area contributed by atoms with Crippen LogP contribution >= 0.6 is 0 Å². The summed E-state index contributed by atoms with van der Waals surface area (Å²) in [5, 5.41) is 5.70. The third-order valence-corrected chi connectivity index (χ3v) is 4.16. The highest BCUT2D eigenvalue weighted by atomic mass is 16.5. The van der Waals surface area contributed by atoms with Gasteiger partial charge in [0.2, 0.25) is 0 Å². The molecule has 1 aliphatic rings. The second-order valence-electron chi connectivity index (χ2n) is 6.10. The number of pyridine rings is 1. The summed E-state index contributed by atoms with van der Waals surface area (Å²) in [5.74, 6) is 0. The van der Waals surface area contributed by atoms with Crippen molar-refractivity contribution in [3.8, 4) is 0 Å². The Kier molecular flexibility index (Phi) is 6.36. The average molecular weight is 340 g/mol. The molecule has 6 heteroatoms. The molecule has 0 atom stereocenters. The maximum absolute atomic E-state index is 11.9. The smallest absolute Gasteiger partial charge is 0.315 e. The van der Waals surface area contributed by atoms with Crippen molar-refractivity contribution in [3.63, 3.8) is 0 Å². The van der Waals surface area contributed by atoms with E-state index in [-0.39, 0.29) is 6.03 Å². The van der Waals surface area contributed by atoms with Crippen LogP contribution in [0.15, 0.2) is 48.8 Å². The first-order chi connectivity index (χ1) is 12.3. The van der Waals surface area contributed by atoms with E-state index in [4.69, 9.17) is 4.74 Å². The molecule has 0 spiro atoms. The van der Waals surface area contributed by atoms with E-state index in [2.05, 4.69) is 44.8 Å². The Balaban J connectivity index is 1.39. The molecule has 1 aliphatic heterocycles. The first kappa shape index (κ1) is 17.4. The highest BCUT2D eigenvalue weighted by Crippen LogP contribution is 2.09. The van der Waals surface area contributed by atoms with Gasteiger partial charge in [-0.1, -0.05) is 30.3 Å². The van der Waals surface area contributed by atoms with Crippen LogP contribution in [0.25, 0.3) is 0 Å². The van der Waals surface area contributed by atoms with E-state index in [1.807, 2.05) is 12.1 Å². The number of nitrogens with one attached hydrogen (secondary N) is 2. The molecule has 2 heterocycles. The van der Waals surface area contributed by atoms with Crippen molar-refractivity contribution in [1.29, 1.82) is 0 Å². The molecule has 25 heavy (non-hydrogen) atoms. The van der Waals surface area contributed by atoms with Crippen molar-refractivity contribution >= 4 is 6.03 Å². The Labute approximate surface area is 148 Å². The lowest BCUT2D eigenvalue weighted by Gasteiger charge is -2.26. The van der Waals surface area contributed by atoms with Crippen LogP contribution in [0.1, 0.15) is 16.7 Å². The summed E-state index contributed by atoms with van der Waals surface area (Å²) in [7, 11) is 0. The highest BCUT2D eigenvalue weighted by molar-refractivity contribution is 5.73. The van der Waals surface area contributed by atoms with Gasteiger partial charge in [-0.25, -0.2) is 4.79 Å². The molecule has 2 N–H and O–H groups in total. The number of rotatable bonds is 6. The first-order valence-electron chi connectivity index (χ1n) is 8.58. The quantitative estimate of drug-likeness (QED) is 0.843. The summed E-state index contributed by atoms with van der Waals surface area (Å²) in [4.78, 5) is 18.3. The van der Waals surface area contributed by atoms with Gasteiger partial charge < -0.3 is 15.4 Å². The minimum atomic E-state index is -0.179. The second kappa shape index (κ2) is 9.15. The number of carbonyl (C=O) groups excluding carboxylic acids is 1. The molecule has 2 aromatic rings. The van der Waals surface area contributed by atoms with Gasteiger partial charge in [0, 0.05) is 45.1 Å². The summed E-state index contributed by atoms with van der Waals surface area (Å²) >= 11 is 0. The van der Waals surface area contributed by atoms with E-state index < -0.39 is 0 Å². The maximum Gasteiger partial charge on any atom is 0.315 e. The molecular formula is C19H24N4O2. The van der Waals surface area contributed by atoms with Gasteiger partial charge in [-0.2, -0.15) is 0 Å². The van der Waals surface area contributed by atoms with E-state index in [0.29, 0.717) is 13.1 Å². The van der Waals surface area contributed by atoms with Gasteiger partial charge in [0.1, 0.15) is 0 Å². The number of urea groups is 1. The molecular weight excluding hydrogens is 316 g/mol. The lowest BCUT2D eigenvalue weighted by molar-refractivity contribution is 0.0342. The predicted octanol–water partition coefficient (Wildman–Crippen LogP) is 1.91. The van der Waals surface area contributed by atoms with Crippen LogP contribution < -0.4 is 10.6 Å². The largest absolute Gasteiger partial charge is 0.379 e. The van der Waals surface area contributed by atoms with Crippen LogP contribution in [0.3, 0.4) is 0 Å². The van der Waals surface area contributed by atoms with Gasteiger partial charge in [-0.15, -0.1) is 0 Å². The topological polar surface area (TPSA) is 66.5 Å². The third-order valence-electron chi connectivity index (χ3n) is 4.16. The van der Waals surface area contributed by atoms with Crippen LogP contribution in [0.4, 0.5) is 4.79 Å². The van der Waals surface area contributed by atoms with E-state index in [9.17, 15) is 4.79 Å². The lowest BCUT2D eigenvalue weighted by Crippen LogP contribution is -2.35. The third kappa shape index (κ3) is 5.85. The van der Waals surface area contributed by atoms with Crippen molar-refractivity contribution in [2.24, 2.45) is 0 Å². The minimum Gasteiger partial charge on any atom is -0.379 e. The van der Waals surface area contributed by atoms with E-state index >= 15 is 0 Å². The normalized spacial score (nSPS) is 14.9. The van der Waals surface area contributed by atoms with Crippen molar-refractivity contribution in [2.75, 3.05) is 26.3 Å². The van der Waals surface area contributed by atoms with Crippen LogP contribution in [-0.4, -0.2) is 42.2 Å². The number of amides is 2. The van der Waals surface area contributed by atoms with Gasteiger partial charge in [0.05, 0.1) is 13.2 Å². The van der Waals surface area contributed by atoms with Crippen molar-refractivity contribution < 1.29 is 9.53 Å². The van der Waals surface area contributed by atoms with Crippen LogP contribution in [0.2, 0.25) is 0 Å².